The van der Waals surface area contributed by atoms with E-state index >= 15 is 0 Å². The number of carbonyl (C=O) groups is 3. The number of alkyl carbamates (subject to hydrolysis) is 1. The van der Waals surface area contributed by atoms with Crippen molar-refractivity contribution in [3.8, 4) is 11.1 Å². The zero-order valence-electron chi connectivity index (χ0n) is 20.3. The van der Waals surface area contributed by atoms with Crippen LogP contribution in [0.2, 0.25) is 0 Å². The molecule has 2 aromatic carbocycles. The number of carboxylic acids is 1. The molecule has 3 N–H and O–H groups in total. The Labute approximate surface area is 206 Å². The van der Waals surface area contributed by atoms with Gasteiger partial charge < -0.3 is 20.5 Å². The van der Waals surface area contributed by atoms with Gasteiger partial charge in [-0.2, -0.15) is 0 Å². The first kappa shape index (κ1) is 24.8. The summed E-state index contributed by atoms with van der Waals surface area (Å²) in [5.74, 6) is -2.26. The molecule has 7 heteroatoms. The first-order valence-corrected chi connectivity index (χ1v) is 12.5. The van der Waals surface area contributed by atoms with Crippen molar-refractivity contribution in [2.45, 2.75) is 64.0 Å². The lowest BCUT2D eigenvalue weighted by atomic mass is 9.93. The van der Waals surface area contributed by atoms with Crippen molar-refractivity contribution in [3.63, 3.8) is 0 Å². The monoisotopic (exact) mass is 478 g/mol. The summed E-state index contributed by atoms with van der Waals surface area (Å²) in [5, 5.41) is 15.3. The van der Waals surface area contributed by atoms with E-state index in [2.05, 4.69) is 34.9 Å². The molecule has 2 aliphatic rings. The lowest BCUT2D eigenvalue weighted by Gasteiger charge is -2.27. The number of carboxylic acid groups (broad SMARTS) is 1. The molecule has 1 saturated carbocycles. The second-order valence-corrected chi connectivity index (χ2v) is 9.75. The molecule has 4 atom stereocenters. The highest BCUT2D eigenvalue weighted by Gasteiger charge is 2.33. The minimum absolute atomic E-state index is 0.0348. The van der Waals surface area contributed by atoms with Gasteiger partial charge in [0.15, 0.2) is 0 Å². The van der Waals surface area contributed by atoms with E-state index in [0.29, 0.717) is 12.8 Å². The van der Waals surface area contributed by atoms with Crippen LogP contribution in [0.1, 0.15) is 63.0 Å². The summed E-state index contributed by atoms with van der Waals surface area (Å²) in [6, 6.07) is 15.4. The minimum Gasteiger partial charge on any atom is -0.481 e. The number of ether oxygens (including phenoxy) is 1. The van der Waals surface area contributed by atoms with Crippen LogP contribution in [0.3, 0.4) is 0 Å². The molecule has 2 unspecified atom stereocenters. The predicted octanol–water partition coefficient (Wildman–Crippen LogP) is 4.70. The van der Waals surface area contributed by atoms with Crippen molar-refractivity contribution < 1.29 is 24.2 Å². The van der Waals surface area contributed by atoms with Crippen molar-refractivity contribution >= 4 is 18.0 Å². The number of fused-ring (bicyclic) bond motifs is 3. The summed E-state index contributed by atoms with van der Waals surface area (Å²) in [4.78, 5) is 37.1. The normalized spacial score (nSPS) is 21.1. The van der Waals surface area contributed by atoms with Crippen molar-refractivity contribution in [2.24, 2.45) is 11.8 Å². The van der Waals surface area contributed by atoms with Crippen LogP contribution in [0, 0.1) is 11.8 Å². The second kappa shape index (κ2) is 10.9. The maximum absolute atomic E-state index is 12.9. The maximum Gasteiger partial charge on any atom is 0.407 e. The molecule has 0 aromatic heterocycles. The van der Waals surface area contributed by atoms with Crippen LogP contribution in [-0.4, -0.2) is 41.8 Å². The third kappa shape index (κ3) is 5.50. The topological polar surface area (TPSA) is 105 Å². The molecule has 1 fully saturated rings. The van der Waals surface area contributed by atoms with Gasteiger partial charge in [-0.25, -0.2) is 4.79 Å². The smallest absolute Gasteiger partial charge is 0.407 e. The van der Waals surface area contributed by atoms with E-state index in [1.807, 2.05) is 24.3 Å². The average molecular weight is 479 g/mol. The zero-order chi connectivity index (χ0) is 24.9. The first-order valence-electron chi connectivity index (χ1n) is 12.5. The van der Waals surface area contributed by atoms with Gasteiger partial charge in [0.25, 0.3) is 0 Å². The average Bonchev–Trinajstić information content (AvgIpc) is 2.98. The van der Waals surface area contributed by atoms with Crippen molar-refractivity contribution in [1.82, 2.24) is 10.6 Å². The summed E-state index contributed by atoms with van der Waals surface area (Å²) in [6.45, 7) is 3.69. The molecule has 0 heterocycles. The van der Waals surface area contributed by atoms with Crippen LogP contribution in [0.4, 0.5) is 4.79 Å². The van der Waals surface area contributed by atoms with Crippen molar-refractivity contribution in [1.29, 1.82) is 0 Å². The van der Waals surface area contributed by atoms with E-state index in [4.69, 9.17) is 4.74 Å². The Kier molecular flexibility index (Phi) is 7.73. The largest absolute Gasteiger partial charge is 0.481 e. The zero-order valence-corrected chi connectivity index (χ0v) is 20.3. The van der Waals surface area contributed by atoms with Gasteiger partial charge in [-0.15, -0.1) is 0 Å². The molecule has 35 heavy (non-hydrogen) atoms. The van der Waals surface area contributed by atoms with Gasteiger partial charge in [-0.3, -0.25) is 9.59 Å². The third-order valence-electron chi connectivity index (χ3n) is 7.51. The Bertz CT molecular complexity index is 1040. The standard InChI is InChI=1S/C28H34N2O5/c1-17(26(31)30-25-15-5-3-4-14-23(25)27(32)33)18(2)29-28(34)35-16-24-21-12-8-6-10-19(21)20-11-7-9-13-22(20)24/h6-13,17-18,23-25H,3-5,14-16H2,1-2H3,(H,29,34)(H,30,31)(H,32,33)/t17?,18?,23-,25+/m1/s1. The lowest BCUT2D eigenvalue weighted by molar-refractivity contribution is -0.143. The van der Waals surface area contributed by atoms with Gasteiger partial charge in [0.1, 0.15) is 6.61 Å². The first-order chi connectivity index (χ1) is 16.9. The molecule has 2 aliphatic carbocycles. The number of benzene rings is 2. The number of rotatable bonds is 7. The Balaban J connectivity index is 1.32. The summed E-state index contributed by atoms with van der Waals surface area (Å²) in [6.07, 6.45) is 3.39. The number of amides is 2. The fraction of sp³-hybridized carbons (Fsp3) is 0.464. The second-order valence-electron chi connectivity index (χ2n) is 9.75. The highest BCUT2D eigenvalue weighted by Crippen LogP contribution is 2.44. The summed E-state index contributed by atoms with van der Waals surface area (Å²) < 4.78 is 5.60. The number of hydrogen-bond donors (Lipinski definition) is 3. The number of hydrogen-bond acceptors (Lipinski definition) is 4. The fourth-order valence-electron chi connectivity index (χ4n) is 5.27. The van der Waals surface area contributed by atoms with E-state index in [0.717, 1.165) is 41.5 Å². The molecule has 0 radical (unpaired) electrons. The van der Waals surface area contributed by atoms with E-state index in [1.165, 1.54) is 0 Å². The molecular weight excluding hydrogens is 444 g/mol. The quantitative estimate of drug-likeness (QED) is 0.501. The fourth-order valence-corrected chi connectivity index (χ4v) is 5.27. The molecule has 2 aromatic rings. The predicted molar refractivity (Wildman–Crippen MR) is 133 cm³/mol. The summed E-state index contributed by atoms with van der Waals surface area (Å²) >= 11 is 0. The third-order valence-corrected chi connectivity index (χ3v) is 7.51. The molecule has 0 spiro atoms. The van der Waals surface area contributed by atoms with Gasteiger partial charge in [0.05, 0.1) is 11.8 Å². The minimum atomic E-state index is -0.866. The van der Waals surface area contributed by atoms with Gasteiger partial charge in [0.2, 0.25) is 5.91 Å². The highest BCUT2D eigenvalue weighted by atomic mass is 16.5. The lowest BCUT2D eigenvalue weighted by Crippen LogP contribution is -2.49. The van der Waals surface area contributed by atoms with E-state index in [9.17, 15) is 19.5 Å². The van der Waals surface area contributed by atoms with Gasteiger partial charge >= 0.3 is 12.1 Å². The molecule has 2 amide bonds. The van der Waals surface area contributed by atoms with Crippen LogP contribution in [0.15, 0.2) is 48.5 Å². The van der Waals surface area contributed by atoms with Gasteiger partial charge in [0, 0.05) is 18.0 Å². The number of aliphatic carboxylic acids is 1. The van der Waals surface area contributed by atoms with Crippen LogP contribution in [0.5, 0.6) is 0 Å². The number of nitrogens with one attached hydrogen (secondary N) is 2. The Hall–Kier alpha value is -3.35. The van der Waals surface area contributed by atoms with Gasteiger partial charge in [-0.05, 0) is 42.0 Å². The maximum atomic E-state index is 12.9. The van der Waals surface area contributed by atoms with Crippen LogP contribution < -0.4 is 10.6 Å². The molecular formula is C28H34N2O5. The Morgan fingerprint density at radius 1 is 0.943 bits per heavy atom. The highest BCUT2D eigenvalue weighted by molar-refractivity contribution is 5.82. The van der Waals surface area contributed by atoms with Crippen molar-refractivity contribution in [3.05, 3.63) is 59.7 Å². The van der Waals surface area contributed by atoms with E-state index < -0.39 is 29.9 Å². The van der Waals surface area contributed by atoms with E-state index in [1.54, 1.807) is 13.8 Å². The van der Waals surface area contributed by atoms with Crippen LogP contribution in [0.25, 0.3) is 11.1 Å². The van der Waals surface area contributed by atoms with Gasteiger partial charge in [-0.1, -0.05) is 74.7 Å². The SMILES string of the molecule is CC(NC(=O)OCC1c2ccccc2-c2ccccc21)C(C)C(=O)N[C@H]1CCCCC[C@H]1C(=O)O. The van der Waals surface area contributed by atoms with Crippen molar-refractivity contribution in [2.75, 3.05) is 6.61 Å². The Morgan fingerprint density at radius 3 is 2.17 bits per heavy atom. The molecule has 4 rings (SSSR count). The molecule has 0 aliphatic heterocycles. The molecule has 7 nitrogen and oxygen atoms in total. The Morgan fingerprint density at radius 2 is 1.54 bits per heavy atom. The molecule has 0 saturated heterocycles. The summed E-state index contributed by atoms with van der Waals surface area (Å²) in [5.41, 5.74) is 4.60. The van der Waals surface area contributed by atoms with Crippen LogP contribution >= 0.6 is 0 Å². The molecule has 186 valence electrons. The molecule has 0 bridgehead atoms. The number of carbonyl (C=O) groups excluding carboxylic acids is 2. The van der Waals surface area contributed by atoms with Crippen LogP contribution in [-0.2, 0) is 14.3 Å². The summed E-state index contributed by atoms with van der Waals surface area (Å²) in [7, 11) is 0. The van der Waals surface area contributed by atoms with E-state index in [-0.39, 0.29) is 24.5 Å².